The third-order valence-electron chi connectivity index (χ3n) is 4.80. The van der Waals surface area contributed by atoms with Gasteiger partial charge in [0.2, 0.25) is 0 Å². The number of hydrogen-bond donors (Lipinski definition) is 2. The normalized spacial score (nSPS) is 11.2. The average Bonchev–Trinajstić information content (AvgIpc) is 3.25. The number of thiazole rings is 1. The first-order chi connectivity index (χ1) is 16.3. The topological polar surface area (TPSA) is 141 Å². The van der Waals surface area contributed by atoms with Crippen molar-refractivity contribution in [2.24, 2.45) is 0 Å². The average molecular weight is 499 g/mol. The van der Waals surface area contributed by atoms with E-state index in [4.69, 9.17) is 4.74 Å². The fourth-order valence-corrected chi connectivity index (χ4v) is 5.10. The molecule has 2 N–H and O–H groups in total. The van der Waals surface area contributed by atoms with Crippen LogP contribution in [-0.2, 0) is 16.6 Å². The Balaban J connectivity index is 1.46. The summed E-state index contributed by atoms with van der Waals surface area (Å²) in [5.74, 6) is -0.253. The molecule has 3 aromatic carbocycles. The minimum absolute atomic E-state index is 0.0747. The summed E-state index contributed by atoms with van der Waals surface area (Å²) in [6, 6.07) is 16.6. The standard InChI is InChI=1S/C22H18N4O6S2/c1-32-19-11-8-15(26(28)29)12-18(19)25-34(30,31)16-9-6-14(7-10-16)22(27)23-13-21-24-17-4-2-3-5-20(17)33-21/h2-12,25H,13H2,1H3,(H,23,27). The maximum Gasteiger partial charge on any atom is 0.271 e. The predicted octanol–water partition coefficient (Wildman–Crippen LogP) is 3.94. The molecule has 0 saturated carbocycles. The summed E-state index contributed by atoms with van der Waals surface area (Å²) in [6.45, 7) is 0.242. The van der Waals surface area contributed by atoms with Crippen molar-refractivity contribution in [3.8, 4) is 5.75 Å². The molecule has 0 saturated heterocycles. The van der Waals surface area contributed by atoms with Crippen molar-refractivity contribution < 1.29 is 22.9 Å². The second kappa shape index (κ2) is 9.45. The molecule has 4 aromatic rings. The molecule has 0 aliphatic carbocycles. The first kappa shape index (κ1) is 23.1. The van der Waals surface area contributed by atoms with E-state index in [0.717, 1.165) is 21.3 Å². The Morgan fingerprint density at radius 2 is 1.85 bits per heavy atom. The van der Waals surface area contributed by atoms with E-state index in [1.54, 1.807) is 0 Å². The largest absolute Gasteiger partial charge is 0.495 e. The summed E-state index contributed by atoms with van der Waals surface area (Å²) in [6.07, 6.45) is 0. The Morgan fingerprint density at radius 1 is 1.12 bits per heavy atom. The lowest BCUT2D eigenvalue weighted by molar-refractivity contribution is -0.384. The van der Waals surface area contributed by atoms with Gasteiger partial charge in [0.25, 0.3) is 21.6 Å². The first-order valence-electron chi connectivity index (χ1n) is 9.85. The van der Waals surface area contributed by atoms with Gasteiger partial charge >= 0.3 is 0 Å². The minimum Gasteiger partial charge on any atom is -0.495 e. The predicted molar refractivity (Wildman–Crippen MR) is 128 cm³/mol. The number of fused-ring (bicyclic) bond motifs is 1. The number of carbonyl (C=O) groups is 1. The number of non-ortho nitro benzene ring substituents is 1. The fraction of sp³-hybridized carbons (Fsp3) is 0.0909. The quantitative estimate of drug-likeness (QED) is 0.277. The SMILES string of the molecule is COc1ccc([N+](=O)[O-])cc1NS(=O)(=O)c1ccc(C(=O)NCc2nc3ccccc3s2)cc1. The molecule has 12 heteroatoms. The van der Waals surface area contributed by atoms with Crippen LogP contribution in [0.3, 0.4) is 0 Å². The molecule has 0 unspecified atom stereocenters. The fourth-order valence-electron chi connectivity index (χ4n) is 3.13. The van der Waals surface area contributed by atoms with Crippen LogP contribution in [0.4, 0.5) is 11.4 Å². The van der Waals surface area contributed by atoms with Crippen LogP contribution in [0.15, 0.2) is 71.6 Å². The van der Waals surface area contributed by atoms with Gasteiger partial charge in [-0.3, -0.25) is 19.6 Å². The van der Waals surface area contributed by atoms with Gasteiger partial charge in [0, 0.05) is 17.7 Å². The van der Waals surface area contributed by atoms with Crippen LogP contribution in [0, 0.1) is 10.1 Å². The molecule has 174 valence electrons. The lowest BCUT2D eigenvalue weighted by Gasteiger charge is -2.12. The number of methoxy groups -OCH3 is 1. The maximum atomic E-state index is 12.8. The van der Waals surface area contributed by atoms with E-state index >= 15 is 0 Å². The molecule has 4 rings (SSSR count). The smallest absolute Gasteiger partial charge is 0.271 e. The van der Waals surface area contributed by atoms with E-state index < -0.39 is 14.9 Å². The van der Waals surface area contributed by atoms with Gasteiger partial charge in [-0.25, -0.2) is 13.4 Å². The second-order valence-corrected chi connectivity index (χ2v) is 9.83. The van der Waals surface area contributed by atoms with E-state index in [1.807, 2.05) is 24.3 Å². The number of anilines is 1. The number of amides is 1. The highest BCUT2D eigenvalue weighted by molar-refractivity contribution is 7.92. The Labute approximate surface area is 198 Å². The summed E-state index contributed by atoms with van der Waals surface area (Å²) >= 11 is 1.48. The van der Waals surface area contributed by atoms with Crippen molar-refractivity contribution >= 4 is 48.9 Å². The van der Waals surface area contributed by atoms with E-state index in [2.05, 4.69) is 15.0 Å². The molecular formula is C22H18N4O6S2. The monoisotopic (exact) mass is 498 g/mol. The number of ether oxygens (including phenoxy) is 1. The second-order valence-electron chi connectivity index (χ2n) is 7.03. The molecule has 0 spiro atoms. The Morgan fingerprint density at radius 3 is 2.53 bits per heavy atom. The van der Waals surface area contributed by atoms with Gasteiger partial charge in [-0.15, -0.1) is 11.3 Å². The molecule has 34 heavy (non-hydrogen) atoms. The number of nitrogens with zero attached hydrogens (tertiary/aromatic N) is 2. The number of carbonyl (C=O) groups excluding carboxylic acids is 1. The summed E-state index contributed by atoms with van der Waals surface area (Å²) in [5, 5.41) is 14.5. The van der Waals surface area contributed by atoms with Crippen LogP contribution in [0.25, 0.3) is 10.2 Å². The molecule has 1 aromatic heterocycles. The van der Waals surface area contributed by atoms with Crippen LogP contribution < -0.4 is 14.8 Å². The van der Waals surface area contributed by atoms with Crippen molar-refractivity contribution in [1.82, 2.24) is 10.3 Å². The van der Waals surface area contributed by atoms with Crippen molar-refractivity contribution in [2.75, 3.05) is 11.8 Å². The number of nitro benzene ring substituents is 1. The van der Waals surface area contributed by atoms with Crippen molar-refractivity contribution in [1.29, 1.82) is 0 Å². The van der Waals surface area contributed by atoms with E-state index in [-0.39, 0.29) is 40.0 Å². The van der Waals surface area contributed by atoms with Crippen LogP contribution in [-0.4, -0.2) is 31.3 Å². The number of nitrogens with one attached hydrogen (secondary N) is 2. The van der Waals surface area contributed by atoms with E-state index in [1.165, 1.54) is 54.8 Å². The third-order valence-corrected chi connectivity index (χ3v) is 7.22. The zero-order valence-corrected chi connectivity index (χ0v) is 19.4. The van der Waals surface area contributed by atoms with Crippen LogP contribution in [0.2, 0.25) is 0 Å². The zero-order chi connectivity index (χ0) is 24.3. The third kappa shape index (κ3) is 4.97. The minimum atomic E-state index is -4.09. The van der Waals surface area contributed by atoms with Crippen LogP contribution in [0.1, 0.15) is 15.4 Å². The lowest BCUT2D eigenvalue weighted by atomic mass is 10.2. The summed E-state index contributed by atoms with van der Waals surface area (Å²) in [4.78, 5) is 27.2. The first-order valence-corrected chi connectivity index (χ1v) is 12.1. The Bertz CT molecular complexity index is 1450. The zero-order valence-electron chi connectivity index (χ0n) is 17.7. The highest BCUT2D eigenvalue weighted by atomic mass is 32.2. The van der Waals surface area contributed by atoms with E-state index in [9.17, 15) is 23.3 Å². The van der Waals surface area contributed by atoms with Gasteiger partial charge in [-0.05, 0) is 42.5 Å². The van der Waals surface area contributed by atoms with Crippen LogP contribution in [0.5, 0.6) is 5.75 Å². The molecule has 0 atom stereocenters. The van der Waals surface area contributed by atoms with Gasteiger partial charge < -0.3 is 10.1 Å². The van der Waals surface area contributed by atoms with Crippen molar-refractivity contribution in [3.63, 3.8) is 0 Å². The van der Waals surface area contributed by atoms with Crippen molar-refractivity contribution in [2.45, 2.75) is 11.4 Å². The lowest BCUT2D eigenvalue weighted by Crippen LogP contribution is -2.22. The summed E-state index contributed by atoms with van der Waals surface area (Å²) in [5.41, 5.74) is 0.764. The highest BCUT2D eigenvalue weighted by Crippen LogP contribution is 2.31. The number of para-hydroxylation sites is 1. The Hall–Kier alpha value is -4.03. The molecule has 0 fully saturated rings. The molecule has 0 aliphatic rings. The molecular weight excluding hydrogens is 480 g/mol. The molecule has 1 heterocycles. The van der Waals surface area contributed by atoms with Gasteiger partial charge in [-0.1, -0.05) is 12.1 Å². The summed E-state index contributed by atoms with van der Waals surface area (Å²) < 4.78 is 34.0. The number of hydrogen-bond acceptors (Lipinski definition) is 8. The van der Waals surface area contributed by atoms with Crippen molar-refractivity contribution in [3.05, 3.63) is 87.4 Å². The summed E-state index contributed by atoms with van der Waals surface area (Å²) in [7, 11) is -2.77. The molecule has 0 bridgehead atoms. The van der Waals surface area contributed by atoms with Gasteiger partial charge in [0.1, 0.15) is 10.8 Å². The van der Waals surface area contributed by atoms with Crippen LogP contribution >= 0.6 is 11.3 Å². The number of sulfonamides is 1. The highest BCUT2D eigenvalue weighted by Gasteiger charge is 2.20. The molecule has 1 amide bonds. The Kier molecular flexibility index (Phi) is 6.43. The number of aromatic nitrogens is 1. The molecule has 0 radical (unpaired) electrons. The molecule has 10 nitrogen and oxygen atoms in total. The number of benzene rings is 3. The number of nitro groups is 1. The van der Waals surface area contributed by atoms with E-state index in [0.29, 0.717) is 0 Å². The maximum absolute atomic E-state index is 12.8. The van der Waals surface area contributed by atoms with Gasteiger partial charge in [0.15, 0.2) is 0 Å². The van der Waals surface area contributed by atoms with Gasteiger partial charge in [-0.2, -0.15) is 0 Å². The molecule has 0 aliphatic heterocycles. The van der Waals surface area contributed by atoms with Gasteiger partial charge in [0.05, 0.1) is 39.4 Å². The number of rotatable bonds is 8.